The maximum Gasteiger partial charge on any atom is 0.252 e. The van der Waals surface area contributed by atoms with Crippen LogP contribution in [0.1, 0.15) is 56.5 Å². The van der Waals surface area contributed by atoms with E-state index in [9.17, 15) is 9.90 Å². The molecule has 1 saturated heterocycles. The summed E-state index contributed by atoms with van der Waals surface area (Å²) in [6.45, 7) is 5.57. The highest BCUT2D eigenvalue weighted by Crippen LogP contribution is 2.34. The Hall–Kier alpha value is -3.02. The van der Waals surface area contributed by atoms with Crippen LogP contribution in [0.5, 0.6) is 11.5 Å². The Morgan fingerprint density at radius 3 is 2.81 bits per heavy atom. The number of ether oxygens (including phenoxy) is 3. The summed E-state index contributed by atoms with van der Waals surface area (Å²) in [5.41, 5.74) is 1.19. The normalized spacial score (nSPS) is 18.2. The van der Waals surface area contributed by atoms with Crippen molar-refractivity contribution in [2.75, 3.05) is 33.0 Å². The van der Waals surface area contributed by atoms with E-state index in [1.54, 1.807) is 0 Å². The van der Waals surface area contributed by atoms with Gasteiger partial charge in [0, 0.05) is 43.3 Å². The molecule has 0 spiro atoms. The highest BCUT2D eigenvalue weighted by molar-refractivity contribution is 5.83. The van der Waals surface area contributed by atoms with Gasteiger partial charge in [0.1, 0.15) is 13.2 Å². The van der Waals surface area contributed by atoms with Crippen LogP contribution in [0.15, 0.2) is 23.0 Å². The molecule has 194 valence electrons. The quantitative estimate of drug-likeness (QED) is 0.409. The van der Waals surface area contributed by atoms with Crippen LogP contribution in [0, 0.1) is 0 Å². The third kappa shape index (κ3) is 5.37. The number of aliphatic hydroxyl groups excluding tert-OH is 1. The van der Waals surface area contributed by atoms with E-state index in [1.807, 2.05) is 22.9 Å². The van der Waals surface area contributed by atoms with Gasteiger partial charge >= 0.3 is 0 Å². The zero-order chi connectivity index (χ0) is 24.9. The number of rotatable bonds is 11. The first-order chi connectivity index (χ1) is 17.7. The summed E-state index contributed by atoms with van der Waals surface area (Å²) in [6.07, 6.45) is 4.48. The number of hydrogen-bond acceptors (Lipinski definition) is 9. The summed E-state index contributed by atoms with van der Waals surface area (Å²) >= 11 is 0. The molecule has 2 aliphatic rings. The van der Waals surface area contributed by atoms with Crippen molar-refractivity contribution in [1.29, 1.82) is 0 Å². The number of aromatic amines is 1. The van der Waals surface area contributed by atoms with E-state index in [4.69, 9.17) is 14.2 Å². The number of pyridine rings is 1. The van der Waals surface area contributed by atoms with Gasteiger partial charge in [0.15, 0.2) is 17.3 Å². The van der Waals surface area contributed by atoms with Crippen molar-refractivity contribution in [3.63, 3.8) is 0 Å². The van der Waals surface area contributed by atoms with Gasteiger partial charge < -0.3 is 24.3 Å². The van der Waals surface area contributed by atoms with Crippen LogP contribution >= 0.6 is 0 Å². The Labute approximate surface area is 209 Å². The zero-order valence-electron chi connectivity index (χ0n) is 20.7. The molecule has 2 N–H and O–H groups in total. The van der Waals surface area contributed by atoms with E-state index in [1.165, 1.54) is 0 Å². The monoisotopic (exact) mass is 498 g/mol. The van der Waals surface area contributed by atoms with Crippen LogP contribution in [0.3, 0.4) is 0 Å². The van der Waals surface area contributed by atoms with E-state index in [0.29, 0.717) is 61.8 Å². The molecule has 5 rings (SSSR count). The first-order valence-electron chi connectivity index (χ1n) is 12.8. The number of nitrogens with one attached hydrogen (secondary N) is 1. The lowest BCUT2D eigenvalue weighted by Gasteiger charge is -2.31. The molecule has 1 fully saturated rings. The average Bonchev–Trinajstić information content (AvgIpc) is 3.57. The van der Waals surface area contributed by atoms with Crippen molar-refractivity contribution in [2.45, 2.75) is 64.3 Å². The fourth-order valence-corrected chi connectivity index (χ4v) is 5.05. The summed E-state index contributed by atoms with van der Waals surface area (Å²) in [6, 6.07) is 5.54. The van der Waals surface area contributed by atoms with Crippen molar-refractivity contribution in [3.05, 3.63) is 39.9 Å². The van der Waals surface area contributed by atoms with Crippen LogP contribution in [-0.2, 0) is 17.8 Å². The highest BCUT2D eigenvalue weighted by atomic mass is 16.6. The molecule has 3 aromatic rings. The minimum Gasteiger partial charge on any atom is -0.486 e. The largest absolute Gasteiger partial charge is 0.486 e. The lowest BCUT2D eigenvalue weighted by atomic mass is 10.1. The molecule has 11 nitrogen and oxygen atoms in total. The second-order valence-corrected chi connectivity index (χ2v) is 9.41. The lowest BCUT2D eigenvalue weighted by molar-refractivity contribution is 0.0885. The van der Waals surface area contributed by atoms with Crippen LogP contribution in [0.4, 0.5) is 0 Å². The number of aromatic nitrogens is 5. The van der Waals surface area contributed by atoms with E-state index in [-0.39, 0.29) is 24.3 Å². The second-order valence-electron chi connectivity index (χ2n) is 9.41. The van der Waals surface area contributed by atoms with Gasteiger partial charge in [-0.15, -0.1) is 5.10 Å². The number of nitrogens with zero attached hydrogens (tertiary/aromatic N) is 5. The molecule has 2 aromatic heterocycles. The minimum absolute atomic E-state index is 0.0632. The van der Waals surface area contributed by atoms with Gasteiger partial charge in [0.05, 0.1) is 24.2 Å². The summed E-state index contributed by atoms with van der Waals surface area (Å²) in [5, 5.41) is 23.1. The second kappa shape index (κ2) is 11.4. The molecule has 0 saturated carbocycles. The van der Waals surface area contributed by atoms with Crippen molar-refractivity contribution < 1.29 is 19.3 Å². The average molecular weight is 499 g/mol. The molecule has 1 aromatic carbocycles. The van der Waals surface area contributed by atoms with Crippen molar-refractivity contribution in [2.24, 2.45) is 0 Å². The van der Waals surface area contributed by atoms with E-state index < -0.39 is 0 Å². The zero-order valence-corrected chi connectivity index (χ0v) is 20.7. The summed E-state index contributed by atoms with van der Waals surface area (Å²) in [7, 11) is 0. The standard InChI is InChI=1S/C25H34N6O5/c1-2-5-21(24-27-28-29-31(24)16-19-6-3-9-34-19)30(7-4-8-32)15-18-12-17-13-22-23(36-11-10-35-22)14-20(17)26-25(18)33/h12-14,19,21,32H,2-11,15-16H2,1H3,(H,26,33)/t19-,21+/m0/s1. The van der Waals surface area contributed by atoms with E-state index in [0.717, 1.165) is 43.5 Å². The third-order valence-corrected chi connectivity index (χ3v) is 6.82. The number of benzene rings is 1. The third-order valence-electron chi connectivity index (χ3n) is 6.82. The molecular formula is C25H34N6O5. The number of tetrazole rings is 1. The molecule has 4 heterocycles. The summed E-state index contributed by atoms with van der Waals surface area (Å²) in [4.78, 5) is 18.3. The molecular weight excluding hydrogens is 464 g/mol. The topological polar surface area (TPSA) is 128 Å². The van der Waals surface area contributed by atoms with Gasteiger partial charge in [-0.1, -0.05) is 13.3 Å². The Kier molecular flexibility index (Phi) is 7.78. The summed E-state index contributed by atoms with van der Waals surface area (Å²) in [5.74, 6) is 2.09. The molecule has 11 heteroatoms. The van der Waals surface area contributed by atoms with Crippen molar-refractivity contribution in [3.8, 4) is 11.5 Å². The minimum atomic E-state index is -0.151. The molecule has 2 atom stereocenters. The number of H-pyrrole nitrogens is 1. The smallest absolute Gasteiger partial charge is 0.252 e. The maximum absolute atomic E-state index is 13.1. The SMILES string of the molecule is CCC[C@H](c1nnnn1C[C@@H]1CCCO1)N(CCCO)Cc1cc2cc3c(cc2[nH]c1=O)OCCO3. The molecule has 36 heavy (non-hydrogen) atoms. The molecule has 0 bridgehead atoms. The maximum atomic E-state index is 13.1. The van der Waals surface area contributed by atoms with Crippen LogP contribution in [0.2, 0.25) is 0 Å². The van der Waals surface area contributed by atoms with Gasteiger partial charge in [-0.3, -0.25) is 9.69 Å². The molecule has 0 radical (unpaired) electrons. The first kappa shape index (κ1) is 24.7. The van der Waals surface area contributed by atoms with Crippen molar-refractivity contribution in [1.82, 2.24) is 30.1 Å². The van der Waals surface area contributed by atoms with Crippen LogP contribution in [-0.4, -0.2) is 74.3 Å². The molecule has 2 aliphatic heterocycles. The lowest BCUT2D eigenvalue weighted by Crippen LogP contribution is -2.34. The van der Waals surface area contributed by atoms with Gasteiger partial charge in [0.2, 0.25) is 0 Å². The predicted octanol–water partition coefficient (Wildman–Crippen LogP) is 2.19. The summed E-state index contributed by atoms with van der Waals surface area (Å²) < 4.78 is 19.0. The van der Waals surface area contributed by atoms with Gasteiger partial charge in [-0.05, 0) is 48.2 Å². The number of fused-ring (bicyclic) bond motifs is 2. The fraction of sp³-hybridized carbons (Fsp3) is 0.600. The van der Waals surface area contributed by atoms with Crippen molar-refractivity contribution >= 4 is 10.9 Å². The Balaban J connectivity index is 1.45. The highest BCUT2D eigenvalue weighted by Gasteiger charge is 2.28. The molecule has 0 aliphatic carbocycles. The van der Waals surface area contributed by atoms with E-state index in [2.05, 4.69) is 32.3 Å². The number of aliphatic hydroxyl groups is 1. The Bertz CT molecular complexity index is 1220. The first-order valence-corrected chi connectivity index (χ1v) is 12.8. The molecule has 0 unspecified atom stereocenters. The van der Waals surface area contributed by atoms with Crippen LogP contribution < -0.4 is 15.0 Å². The molecule has 0 amide bonds. The fourth-order valence-electron chi connectivity index (χ4n) is 5.05. The number of hydrogen-bond donors (Lipinski definition) is 2. The Morgan fingerprint density at radius 2 is 2.06 bits per heavy atom. The van der Waals surface area contributed by atoms with E-state index >= 15 is 0 Å². The van der Waals surface area contributed by atoms with Gasteiger partial charge in [0.25, 0.3) is 5.56 Å². The van der Waals surface area contributed by atoms with Gasteiger partial charge in [-0.25, -0.2) is 4.68 Å². The van der Waals surface area contributed by atoms with Crippen LogP contribution in [0.25, 0.3) is 10.9 Å². The Morgan fingerprint density at radius 1 is 1.22 bits per heavy atom. The predicted molar refractivity (Wildman–Crippen MR) is 132 cm³/mol. The van der Waals surface area contributed by atoms with Gasteiger partial charge in [-0.2, -0.15) is 0 Å².